The fourth-order valence-corrected chi connectivity index (χ4v) is 1.36. The Morgan fingerprint density at radius 2 is 2.27 bits per heavy atom. The van der Waals surface area contributed by atoms with Crippen molar-refractivity contribution in [1.29, 1.82) is 0 Å². The summed E-state index contributed by atoms with van der Waals surface area (Å²) in [6.45, 7) is 2.64. The molecule has 2 N–H and O–H groups in total. The lowest BCUT2D eigenvalue weighted by Gasteiger charge is -2.05. The molecule has 0 amide bonds. The number of carbonyl (C=O) groups excluding carboxylic acids is 1. The van der Waals surface area contributed by atoms with Gasteiger partial charge in [-0.1, -0.05) is 18.5 Å². The second kappa shape index (κ2) is 5.73. The summed E-state index contributed by atoms with van der Waals surface area (Å²) in [5.74, 6) is -0.113. The van der Waals surface area contributed by atoms with E-state index in [1.807, 2.05) is 6.92 Å². The van der Waals surface area contributed by atoms with Crippen molar-refractivity contribution in [3.05, 3.63) is 28.8 Å². The average Bonchev–Trinajstić information content (AvgIpc) is 2.17. The Bertz CT molecular complexity index is 352. The smallest absolute Gasteiger partial charge is 0.190 e. The van der Waals surface area contributed by atoms with Crippen molar-refractivity contribution >= 4 is 23.1 Å². The van der Waals surface area contributed by atoms with E-state index >= 15 is 0 Å². The van der Waals surface area contributed by atoms with E-state index < -0.39 is 0 Å². The monoisotopic (exact) mass is 227 g/mol. The van der Waals surface area contributed by atoms with Gasteiger partial charge < -0.3 is 10.5 Å². The molecule has 0 heterocycles. The van der Waals surface area contributed by atoms with Gasteiger partial charge in [-0.15, -0.1) is 0 Å². The molecule has 0 radical (unpaired) electrons. The highest BCUT2D eigenvalue weighted by atomic mass is 35.5. The van der Waals surface area contributed by atoms with Crippen LogP contribution in [-0.4, -0.2) is 19.0 Å². The number of ether oxygens (including phenoxy) is 1. The van der Waals surface area contributed by atoms with Gasteiger partial charge in [0.1, 0.15) is 6.61 Å². The summed E-state index contributed by atoms with van der Waals surface area (Å²) >= 11 is 5.73. The molecule has 1 aromatic carbocycles. The Morgan fingerprint density at radius 1 is 1.53 bits per heavy atom. The summed E-state index contributed by atoms with van der Waals surface area (Å²) in [6, 6.07) is 4.83. The van der Waals surface area contributed by atoms with Gasteiger partial charge in [0.25, 0.3) is 0 Å². The van der Waals surface area contributed by atoms with Crippen molar-refractivity contribution in [3.63, 3.8) is 0 Å². The number of halogens is 1. The Labute approximate surface area is 94.2 Å². The van der Waals surface area contributed by atoms with Gasteiger partial charge in [-0.2, -0.15) is 0 Å². The summed E-state index contributed by atoms with van der Waals surface area (Å²) in [5.41, 5.74) is 6.53. The largest absolute Gasteiger partial charge is 0.398 e. The third-order valence-corrected chi connectivity index (χ3v) is 2.13. The van der Waals surface area contributed by atoms with Crippen LogP contribution in [0.15, 0.2) is 18.2 Å². The van der Waals surface area contributed by atoms with Gasteiger partial charge in [0, 0.05) is 22.9 Å². The molecule has 0 bridgehead atoms. The van der Waals surface area contributed by atoms with E-state index in [2.05, 4.69) is 0 Å². The lowest BCUT2D eigenvalue weighted by Crippen LogP contribution is -2.11. The molecule has 0 saturated carbocycles. The Hall–Kier alpha value is -1.06. The molecular weight excluding hydrogens is 214 g/mol. The van der Waals surface area contributed by atoms with Gasteiger partial charge in [-0.3, -0.25) is 4.79 Å². The minimum Gasteiger partial charge on any atom is -0.398 e. The maximum Gasteiger partial charge on any atom is 0.190 e. The van der Waals surface area contributed by atoms with E-state index in [0.717, 1.165) is 6.42 Å². The van der Waals surface area contributed by atoms with Gasteiger partial charge in [0.15, 0.2) is 5.78 Å². The molecule has 0 atom stereocenters. The number of hydrogen-bond acceptors (Lipinski definition) is 3. The number of ketones is 1. The SMILES string of the molecule is CCCOCC(=O)c1ccc(Cl)cc1N. The first kappa shape index (κ1) is 12.0. The third-order valence-electron chi connectivity index (χ3n) is 1.90. The van der Waals surface area contributed by atoms with Crippen molar-refractivity contribution in [2.75, 3.05) is 18.9 Å². The minimum absolute atomic E-state index is 0.0691. The molecule has 1 aromatic rings. The first-order chi connectivity index (χ1) is 7.15. The second-order valence-corrected chi connectivity index (χ2v) is 3.64. The van der Waals surface area contributed by atoms with E-state index in [4.69, 9.17) is 22.1 Å². The predicted octanol–water partition coefficient (Wildman–Crippen LogP) is 2.53. The molecule has 1 rings (SSSR count). The van der Waals surface area contributed by atoms with E-state index in [1.165, 1.54) is 0 Å². The summed E-state index contributed by atoms with van der Waals surface area (Å²) < 4.78 is 5.15. The highest BCUT2D eigenvalue weighted by Gasteiger charge is 2.09. The molecule has 15 heavy (non-hydrogen) atoms. The molecule has 0 aliphatic heterocycles. The van der Waals surface area contributed by atoms with E-state index in [-0.39, 0.29) is 12.4 Å². The molecular formula is C11H14ClNO2. The Balaban J connectivity index is 2.65. The van der Waals surface area contributed by atoms with E-state index in [0.29, 0.717) is 22.9 Å². The summed E-state index contributed by atoms with van der Waals surface area (Å²) in [6.07, 6.45) is 0.892. The first-order valence-corrected chi connectivity index (χ1v) is 5.19. The molecule has 0 unspecified atom stereocenters. The third kappa shape index (κ3) is 3.53. The zero-order valence-electron chi connectivity index (χ0n) is 8.63. The average molecular weight is 228 g/mol. The second-order valence-electron chi connectivity index (χ2n) is 3.21. The lowest BCUT2D eigenvalue weighted by atomic mass is 10.1. The summed E-state index contributed by atoms with van der Waals surface area (Å²) in [4.78, 5) is 11.6. The van der Waals surface area contributed by atoms with Crippen LogP contribution in [-0.2, 0) is 4.74 Å². The highest BCUT2D eigenvalue weighted by molar-refractivity contribution is 6.31. The summed E-state index contributed by atoms with van der Waals surface area (Å²) in [7, 11) is 0. The number of benzene rings is 1. The van der Waals surface area contributed by atoms with Crippen LogP contribution < -0.4 is 5.73 Å². The van der Waals surface area contributed by atoms with Gasteiger partial charge >= 0.3 is 0 Å². The standard InChI is InChI=1S/C11H14ClNO2/c1-2-5-15-7-11(14)9-4-3-8(12)6-10(9)13/h3-4,6H,2,5,7,13H2,1H3. The van der Waals surface area contributed by atoms with Gasteiger partial charge in [0.2, 0.25) is 0 Å². The van der Waals surface area contributed by atoms with Gasteiger partial charge in [-0.25, -0.2) is 0 Å². The van der Waals surface area contributed by atoms with Crippen LogP contribution in [0.3, 0.4) is 0 Å². The van der Waals surface area contributed by atoms with Crippen molar-refractivity contribution in [3.8, 4) is 0 Å². The Morgan fingerprint density at radius 3 is 2.87 bits per heavy atom. The number of nitrogen functional groups attached to an aromatic ring is 1. The van der Waals surface area contributed by atoms with Crippen LogP contribution in [0.5, 0.6) is 0 Å². The fraction of sp³-hybridized carbons (Fsp3) is 0.364. The molecule has 82 valence electrons. The zero-order valence-corrected chi connectivity index (χ0v) is 9.38. The van der Waals surface area contributed by atoms with E-state index in [9.17, 15) is 4.79 Å². The first-order valence-electron chi connectivity index (χ1n) is 4.81. The number of carbonyl (C=O) groups is 1. The number of nitrogens with two attached hydrogens (primary N) is 1. The van der Waals surface area contributed by atoms with Crippen LogP contribution in [0.25, 0.3) is 0 Å². The molecule has 4 heteroatoms. The van der Waals surface area contributed by atoms with Crippen molar-refractivity contribution in [2.24, 2.45) is 0 Å². The van der Waals surface area contributed by atoms with Crippen molar-refractivity contribution in [1.82, 2.24) is 0 Å². The quantitative estimate of drug-likeness (QED) is 0.478. The molecule has 3 nitrogen and oxygen atoms in total. The number of anilines is 1. The maximum atomic E-state index is 11.6. The topological polar surface area (TPSA) is 52.3 Å². The lowest BCUT2D eigenvalue weighted by molar-refractivity contribution is 0.0762. The zero-order chi connectivity index (χ0) is 11.3. The Kier molecular flexibility index (Phi) is 4.59. The van der Waals surface area contributed by atoms with Crippen molar-refractivity contribution < 1.29 is 9.53 Å². The molecule has 0 aliphatic carbocycles. The number of hydrogen-bond donors (Lipinski definition) is 1. The van der Waals surface area contributed by atoms with Crippen molar-refractivity contribution in [2.45, 2.75) is 13.3 Å². The number of Topliss-reactive ketones (excluding diaryl/α,β-unsaturated/α-hetero) is 1. The van der Waals surface area contributed by atoms with Crippen LogP contribution >= 0.6 is 11.6 Å². The molecule has 0 fully saturated rings. The van der Waals surface area contributed by atoms with Crippen LogP contribution in [0.2, 0.25) is 5.02 Å². The molecule has 0 aliphatic rings. The highest BCUT2D eigenvalue weighted by Crippen LogP contribution is 2.18. The number of rotatable bonds is 5. The minimum atomic E-state index is -0.113. The van der Waals surface area contributed by atoms with Crippen LogP contribution in [0, 0.1) is 0 Å². The van der Waals surface area contributed by atoms with Gasteiger partial charge in [-0.05, 0) is 24.6 Å². The van der Waals surface area contributed by atoms with Gasteiger partial charge in [0.05, 0.1) is 0 Å². The van der Waals surface area contributed by atoms with Crippen LogP contribution in [0.1, 0.15) is 23.7 Å². The summed E-state index contributed by atoms with van der Waals surface area (Å²) in [5, 5.41) is 0.526. The molecule has 0 saturated heterocycles. The maximum absolute atomic E-state index is 11.6. The van der Waals surface area contributed by atoms with E-state index in [1.54, 1.807) is 18.2 Å². The normalized spacial score (nSPS) is 10.3. The van der Waals surface area contributed by atoms with Crippen LogP contribution in [0.4, 0.5) is 5.69 Å². The predicted molar refractivity (Wildman–Crippen MR) is 61.3 cm³/mol. The molecule has 0 spiro atoms. The molecule has 0 aromatic heterocycles. The fourth-order valence-electron chi connectivity index (χ4n) is 1.17.